The summed E-state index contributed by atoms with van der Waals surface area (Å²) in [5.41, 5.74) is -5.40. The van der Waals surface area contributed by atoms with Gasteiger partial charge in [-0.05, 0) is 55.9 Å². The fraction of sp³-hybridized carbons (Fsp3) is 0.680. The van der Waals surface area contributed by atoms with Crippen molar-refractivity contribution in [2.24, 2.45) is 0 Å². The van der Waals surface area contributed by atoms with E-state index < -0.39 is 22.7 Å². The second-order valence-corrected chi connectivity index (χ2v) is 10.7. The molecule has 0 spiro atoms. The molecule has 0 aliphatic carbocycles. The van der Waals surface area contributed by atoms with Crippen molar-refractivity contribution in [3.63, 3.8) is 0 Å². The van der Waals surface area contributed by atoms with Crippen molar-refractivity contribution in [1.82, 2.24) is 0 Å². The van der Waals surface area contributed by atoms with E-state index in [9.17, 15) is 18.7 Å². The Morgan fingerprint density at radius 1 is 1.09 bits per heavy atom. The Balaban J connectivity index is 2.28. The molecule has 0 aliphatic heterocycles. The molecule has 0 fully saturated rings. The third-order valence-electron chi connectivity index (χ3n) is 5.59. The zero-order valence-corrected chi connectivity index (χ0v) is 21.9. The van der Waals surface area contributed by atoms with Crippen molar-refractivity contribution in [2.45, 2.75) is 95.7 Å². The van der Waals surface area contributed by atoms with Crippen molar-refractivity contribution in [1.29, 1.82) is 5.26 Å². The first-order valence-electron chi connectivity index (χ1n) is 11.9. The van der Waals surface area contributed by atoms with Crippen LogP contribution >= 0.6 is 21.0 Å². The Labute approximate surface area is 204 Å². The summed E-state index contributed by atoms with van der Waals surface area (Å²) < 4.78 is 27.4. The van der Waals surface area contributed by atoms with E-state index in [1.807, 2.05) is 0 Å². The molecule has 2 unspecified atom stereocenters. The van der Waals surface area contributed by atoms with Crippen LogP contribution in [0.15, 0.2) is 18.2 Å². The molecule has 0 heterocycles. The summed E-state index contributed by atoms with van der Waals surface area (Å²) in [5, 5.41) is 22.0. The summed E-state index contributed by atoms with van der Waals surface area (Å²) in [6.45, 7) is 3.66. The number of amides is 1. The first-order valence-corrected chi connectivity index (χ1v) is 13.7. The van der Waals surface area contributed by atoms with E-state index in [-0.39, 0.29) is 11.3 Å². The molecule has 4 nitrogen and oxygen atoms in total. The van der Waals surface area contributed by atoms with Gasteiger partial charge in [0.05, 0.1) is 11.6 Å². The maximum atomic E-state index is 13.7. The van der Waals surface area contributed by atoms with Crippen molar-refractivity contribution < 1.29 is 18.7 Å². The van der Waals surface area contributed by atoms with E-state index in [1.54, 1.807) is 6.07 Å². The summed E-state index contributed by atoms with van der Waals surface area (Å²) in [7, 11) is 1.39. The van der Waals surface area contributed by atoms with Crippen LogP contribution in [0.5, 0.6) is 0 Å². The number of halogens is 2. The number of alkyl halides is 2. The Hall–Kier alpha value is -1.22. The molecule has 0 bridgehead atoms. The summed E-state index contributed by atoms with van der Waals surface area (Å²) in [5.74, 6) is 1.91. The largest absolute Gasteiger partial charge is 0.380 e. The van der Waals surface area contributed by atoms with Crippen LogP contribution in [0.3, 0.4) is 0 Å². The number of nitrogens with one attached hydrogen (secondary N) is 1. The fourth-order valence-corrected chi connectivity index (χ4v) is 4.80. The Kier molecular flexibility index (Phi) is 14.1. The van der Waals surface area contributed by atoms with Gasteiger partial charge in [0.25, 0.3) is 11.6 Å². The van der Waals surface area contributed by atoms with Crippen LogP contribution in [-0.4, -0.2) is 28.1 Å². The minimum absolute atomic E-state index is 0.125. The molecule has 2 N–H and O–H groups in total. The third kappa shape index (κ3) is 12.2. The van der Waals surface area contributed by atoms with Gasteiger partial charge >= 0.3 is 0 Å². The number of carbonyl (C=O) groups excluding carboxylic acids is 1. The van der Waals surface area contributed by atoms with Crippen LogP contribution < -0.4 is 5.32 Å². The fourth-order valence-electron chi connectivity index (χ4n) is 3.46. The topological polar surface area (TPSA) is 73.1 Å². The van der Waals surface area contributed by atoms with E-state index in [0.29, 0.717) is 6.42 Å². The number of unbranched alkanes of at least 4 members (excludes halogenated alkanes) is 8. The molecule has 0 aliphatic rings. The molecule has 1 amide bonds. The van der Waals surface area contributed by atoms with E-state index in [1.165, 1.54) is 78.3 Å². The van der Waals surface area contributed by atoms with Crippen LogP contribution in [0.25, 0.3) is 0 Å². The predicted octanol–water partition coefficient (Wildman–Crippen LogP) is 7.22. The molecule has 0 radical (unpaired) electrons. The lowest BCUT2D eigenvalue weighted by atomic mass is 9.96. The Morgan fingerprint density at radius 3 is 2.24 bits per heavy atom. The van der Waals surface area contributed by atoms with Gasteiger partial charge < -0.3 is 10.4 Å². The standard InChI is InChI=1S/C25H39F2N2O2PS/c1-3-4-16-33-17-12-10-8-6-5-7-9-11-15-24(2,31)23(30)29-21-14-13-20(19-28)22(18-21)25(26,27)32/h13-14,18,31H,3-12,15-17,32H2,1-2H3,(H,29,30). The second kappa shape index (κ2) is 15.6. The van der Waals surface area contributed by atoms with Gasteiger partial charge in [-0.15, -0.1) is 0 Å². The van der Waals surface area contributed by atoms with Gasteiger partial charge in [-0.3, -0.25) is 4.79 Å². The van der Waals surface area contributed by atoms with Gasteiger partial charge in [0.1, 0.15) is 5.60 Å². The highest BCUT2D eigenvalue weighted by Crippen LogP contribution is 2.38. The number of hydrogen-bond acceptors (Lipinski definition) is 4. The number of benzene rings is 1. The highest BCUT2D eigenvalue weighted by atomic mass is 32.2. The summed E-state index contributed by atoms with van der Waals surface area (Å²) in [6, 6.07) is 5.42. The van der Waals surface area contributed by atoms with Crippen LogP contribution in [0.2, 0.25) is 0 Å². The van der Waals surface area contributed by atoms with Crippen molar-refractivity contribution >= 4 is 32.6 Å². The molecule has 33 heavy (non-hydrogen) atoms. The zero-order chi connectivity index (χ0) is 24.7. The molecule has 1 aromatic rings. The van der Waals surface area contributed by atoms with Crippen LogP contribution in [0.1, 0.15) is 95.6 Å². The maximum Gasteiger partial charge on any atom is 0.285 e. The van der Waals surface area contributed by atoms with Gasteiger partial charge in [-0.2, -0.15) is 25.8 Å². The monoisotopic (exact) mass is 500 g/mol. The molecule has 0 aromatic heterocycles. The van der Waals surface area contributed by atoms with E-state index in [4.69, 9.17) is 5.26 Å². The van der Waals surface area contributed by atoms with E-state index in [0.717, 1.165) is 31.7 Å². The third-order valence-corrected chi connectivity index (χ3v) is 7.06. The summed E-state index contributed by atoms with van der Waals surface area (Å²) >= 11 is 2.06. The quantitative estimate of drug-likeness (QED) is 0.175. The van der Waals surface area contributed by atoms with Crippen molar-refractivity contribution in [2.75, 3.05) is 16.8 Å². The number of nitriles is 1. The molecule has 2 atom stereocenters. The zero-order valence-electron chi connectivity index (χ0n) is 20.0. The van der Waals surface area contributed by atoms with Gasteiger partial charge in [0.2, 0.25) is 0 Å². The molecule has 1 aromatic carbocycles. The molecule has 1 rings (SSSR count). The van der Waals surface area contributed by atoms with Gasteiger partial charge in [0.15, 0.2) is 0 Å². The lowest BCUT2D eigenvalue weighted by molar-refractivity contribution is -0.133. The lowest BCUT2D eigenvalue weighted by Gasteiger charge is -2.23. The summed E-state index contributed by atoms with van der Waals surface area (Å²) in [6.07, 6.45) is 11.8. The van der Waals surface area contributed by atoms with Crippen LogP contribution in [-0.2, 0) is 10.5 Å². The number of nitrogens with zero attached hydrogens (tertiary/aromatic N) is 1. The number of rotatable bonds is 17. The van der Waals surface area contributed by atoms with Gasteiger partial charge in [0, 0.05) is 11.3 Å². The normalized spacial score (nSPS) is 13.4. The van der Waals surface area contributed by atoms with E-state index in [2.05, 4.69) is 24.0 Å². The maximum absolute atomic E-state index is 13.7. The van der Waals surface area contributed by atoms with Crippen LogP contribution in [0.4, 0.5) is 14.5 Å². The smallest absolute Gasteiger partial charge is 0.285 e. The Bertz CT molecular complexity index is 764. The van der Waals surface area contributed by atoms with Crippen molar-refractivity contribution in [3.8, 4) is 6.07 Å². The Morgan fingerprint density at radius 2 is 1.67 bits per heavy atom. The molecular formula is C25H39F2N2O2PS. The lowest BCUT2D eigenvalue weighted by Crippen LogP contribution is -2.40. The number of hydrogen-bond donors (Lipinski definition) is 2. The number of carbonyl (C=O) groups is 1. The van der Waals surface area contributed by atoms with Gasteiger partial charge in [-0.25, -0.2) is 0 Å². The molecular weight excluding hydrogens is 461 g/mol. The van der Waals surface area contributed by atoms with E-state index >= 15 is 0 Å². The first kappa shape index (κ1) is 29.8. The average Bonchev–Trinajstić information content (AvgIpc) is 2.76. The SMILES string of the molecule is CCCCSCCCCCCCCCCC(C)(O)C(=O)Nc1ccc(C#N)c(C(F)(F)P)c1. The minimum Gasteiger partial charge on any atom is -0.380 e. The van der Waals surface area contributed by atoms with Crippen molar-refractivity contribution in [3.05, 3.63) is 29.3 Å². The molecule has 8 heteroatoms. The molecule has 0 saturated heterocycles. The number of thioether (sulfide) groups is 1. The number of aliphatic hydroxyl groups is 1. The molecule has 186 valence electrons. The average molecular weight is 501 g/mol. The molecule has 0 saturated carbocycles. The summed E-state index contributed by atoms with van der Waals surface area (Å²) in [4.78, 5) is 12.5. The van der Waals surface area contributed by atoms with Gasteiger partial charge in [-0.1, -0.05) is 67.5 Å². The minimum atomic E-state index is -3.29. The highest BCUT2D eigenvalue weighted by Gasteiger charge is 2.31. The second-order valence-electron chi connectivity index (χ2n) is 8.77. The number of anilines is 1. The first-order chi connectivity index (χ1) is 15.6. The van der Waals surface area contributed by atoms with Crippen LogP contribution in [0, 0.1) is 11.3 Å². The highest BCUT2D eigenvalue weighted by molar-refractivity contribution is 7.99. The predicted molar refractivity (Wildman–Crippen MR) is 138 cm³/mol.